The molecule has 1 aliphatic heterocycles. The first-order valence-corrected chi connectivity index (χ1v) is 6.36. The molecule has 0 saturated carbocycles. The van der Waals surface area contributed by atoms with Crippen molar-refractivity contribution in [2.45, 2.75) is 13.0 Å². The molecule has 0 aliphatic carbocycles. The van der Waals surface area contributed by atoms with E-state index in [4.69, 9.17) is 4.74 Å². The number of hydrazone groups is 1. The highest BCUT2D eigenvalue weighted by Crippen LogP contribution is 2.28. The van der Waals surface area contributed by atoms with Crippen molar-refractivity contribution in [2.24, 2.45) is 5.10 Å². The van der Waals surface area contributed by atoms with Gasteiger partial charge < -0.3 is 10.2 Å². The van der Waals surface area contributed by atoms with E-state index in [1.807, 2.05) is 24.3 Å². The van der Waals surface area contributed by atoms with Crippen molar-refractivity contribution < 1.29 is 4.74 Å². The Hall–Kier alpha value is -2.29. The van der Waals surface area contributed by atoms with Gasteiger partial charge in [0.25, 0.3) is 0 Å². The number of nitrogens with one attached hydrogen (secondary N) is 1. The molecular weight excluding hydrogens is 236 g/mol. The summed E-state index contributed by atoms with van der Waals surface area (Å²) in [7, 11) is 1.69. The van der Waals surface area contributed by atoms with Crippen LogP contribution >= 0.6 is 0 Å². The summed E-state index contributed by atoms with van der Waals surface area (Å²) in [5.41, 5.74) is 7.63. The maximum Gasteiger partial charge on any atom is 0.119 e. The summed E-state index contributed by atoms with van der Waals surface area (Å²) < 4.78 is 5.32. The van der Waals surface area contributed by atoms with E-state index >= 15 is 0 Å². The number of hydrogen-bond acceptors (Lipinski definition) is 3. The zero-order valence-electron chi connectivity index (χ0n) is 11.1. The molecule has 0 fully saturated rings. The Bertz CT molecular complexity index is 620. The fourth-order valence-electron chi connectivity index (χ4n) is 2.35. The lowest BCUT2D eigenvalue weighted by atomic mass is 9.93. The number of ether oxygens (including phenoxy) is 1. The number of hydrogen-bond donors (Lipinski definition) is 1. The van der Waals surface area contributed by atoms with Gasteiger partial charge in [0.05, 0.1) is 18.9 Å². The Morgan fingerprint density at radius 3 is 2.63 bits per heavy atom. The predicted octanol–water partition coefficient (Wildman–Crippen LogP) is 3.11. The minimum absolute atomic E-state index is 0.216. The van der Waals surface area contributed by atoms with Gasteiger partial charge in [0, 0.05) is 11.1 Å². The fraction of sp³-hybridized carbons (Fsp3) is 0.188. The Balaban J connectivity index is 2.14. The standard InChI is InChI=1S/C16H16N2O/c1-11-14-9-8-13(19-2)10-15(14)16(18-17-11)12-6-4-3-5-7-12/h3-11,17H,1-2H3. The lowest BCUT2D eigenvalue weighted by Gasteiger charge is -2.24. The van der Waals surface area contributed by atoms with Gasteiger partial charge in [-0.05, 0) is 24.6 Å². The zero-order chi connectivity index (χ0) is 13.2. The molecule has 19 heavy (non-hydrogen) atoms. The smallest absolute Gasteiger partial charge is 0.119 e. The molecule has 0 aromatic heterocycles. The van der Waals surface area contributed by atoms with Crippen LogP contribution in [0.2, 0.25) is 0 Å². The Morgan fingerprint density at radius 2 is 1.89 bits per heavy atom. The topological polar surface area (TPSA) is 33.6 Å². The molecule has 96 valence electrons. The van der Waals surface area contributed by atoms with Gasteiger partial charge in [0.2, 0.25) is 0 Å². The lowest BCUT2D eigenvalue weighted by Crippen LogP contribution is -2.24. The Morgan fingerprint density at radius 1 is 1.11 bits per heavy atom. The average molecular weight is 252 g/mol. The first-order chi connectivity index (χ1) is 9.29. The van der Waals surface area contributed by atoms with E-state index in [1.54, 1.807) is 7.11 Å². The lowest BCUT2D eigenvalue weighted by molar-refractivity contribution is 0.414. The van der Waals surface area contributed by atoms with Crippen molar-refractivity contribution in [3.8, 4) is 5.75 Å². The number of rotatable bonds is 2. The largest absolute Gasteiger partial charge is 0.497 e. The number of fused-ring (bicyclic) bond motifs is 1. The van der Waals surface area contributed by atoms with Crippen LogP contribution in [0.1, 0.15) is 29.7 Å². The van der Waals surface area contributed by atoms with Gasteiger partial charge in [0.15, 0.2) is 0 Å². The minimum atomic E-state index is 0.216. The third-order valence-corrected chi connectivity index (χ3v) is 3.40. The van der Waals surface area contributed by atoms with E-state index in [-0.39, 0.29) is 6.04 Å². The van der Waals surface area contributed by atoms with E-state index in [0.717, 1.165) is 22.6 Å². The maximum absolute atomic E-state index is 5.32. The van der Waals surface area contributed by atoms with Crippen molar-refractivity contribution in [2.75, 3.05) is 7.11 Å². The zero-order valence-corrected chi connectivity index (χ0v) is 11.1. The highest BCUT2D eigenvalue weighted by Gasteiger charge is 2.21. The second-order valence-corrected chi connectivity index (χ2v) is 4.63. The number of methoxy groups -OCH3 is 1. The van der Waals surface area contributed by atoms with Crippen molar-refractivity contribution in [3.05, 3.63) is 65.2 Å². The highest BCUT2D eigenvalue weighted by atomic mass is 16.5. The van der Waals surface area contributed by atoms with E-state index in [2.05, 4.69) is 41.7 Å². The van der Waals surface area contributed by atoms with Crippen LogP contribution in [0.5, 0.6) is 5.75 Å². The van der Waals surface area contributed by atoms with Crippen LogP contribution < -0.4 is 10.2 Å². The van der Waals surface area contributed by atoms with E-state index in [0.29, 0.717) is 0 Å². The molecule has 0 amide bonds. The molecule has 0 saturated heterocycles. The SMILES string of the molecule is COc1ccc2c(c1)C(c1ccccc1)=NNC2C. The summed E-state index contributed by atoms with van der Waals surface area (Å²) in [6, 6.07) is 16.6. The predicted molar refractivity (Wildman–Crippen MR) is 76.6 cm³/mol. The van der Waals surface area contributed by atoms with Crippen molar-refractivity contribution in [3.63, 3.8) is 0 Å². The molecule has 1 atom stereocenters. The van der Waals surface area contributed by atoms with Crippen molar-refractivity contribution >= 4 is 5.71 Å². The van der Waals surface area contributed by atoms with Crippen LogP contribution in [0.25, 0.3) is 0 Å². The molecule has 1 N–H and O–H groups in total. The summed E-state index contributed by atoms with van der Waals surface area (Å²) in [5, 5.41) is 4.51. The fourth-order valence-corrected chi connectivity index (χ4v) is 2.35. The molecule has 3 heteroatoms. The molecule has 2 aromatic rings. The molecule has 0 spiro atoms. The average Bonchev–Trinajstić information content (AvgIpc) is 2.48. The summed E-state index contributed by atoms with van der Waals surface area (Å²) in [5.74, 6) is 0.858. The molecular formula is C16H16N2O. The Labute approximate surface area is 112 Å². The van der Waals surface area contributed by atoms with Crippen LogP contribution in [-0.2, 0) is 0 Å². The van der Waals surface area contributed by atoms with E-state index in [9.17, 15) is 0 Å². The molecule has 1 heterocycles. The molecule has 3 rings (SSSR count). The van der Waals surface area contributed by atoms with Crippen LogP contribution in [0.15, 0.2) is 53.6 Å². The summed E-state index contributed by atoms with van der Waals surface area (Å²) in [6.45, 7) is 2.11. The van der Waals surface area contributed by atoms with Gasteiger partial charge in [-0.25, -0.2) is 0 Å². The van der Waals surface area contributed by atoms with Crippen molar-refractivity contribution in [1.82, 2.24) is 5.43 Å². The van der Waals surface area contributed by atoms with Gasteiger partial charge >= 0.3 is 0 Å². The van der Waals surface area contributed by atoms with Gasteiger partial charge in [0.1, 0.15) is 5.75 Å². The number of nitrogens with zero attached hydrogens (tertiary/aromatic N) is 1. The second kappa shape index (κ2) is 4.76. The van der Waals surface area contributed by atoms with Gasteiger partial charge in [-0.3, -0.25) is 0 Å². The summed E-state index contributed by atoms with van der Waals surface area (Å²) in [6.07, 6.45) is 0. The van der Waals surface area contributed by atoms with Crippen LogP contribution in [-0.4, -0.2) is 12.8 Å². The first-order valence-electron chi connectivity index (χ1n) is 6.36. The minimum Gasteiger partial charge on any atom is -0.497 e. The molecule has 0 bridgehead atoms. The summed E-state index contributed by atoms with van der Waals surface area (Å²) >= 11 is 0. The quantitative estimate of drug-likeness (QED) is 0.891. The molecule has 1 unspecified atom stereocenters. The van der Waals surface area contributed by atoms with Crippen LogP contribution in [0.3, 0.4) is 0 Å². The van der Waals surface area contributed by atoms with E-state index in [1.165, 1.54) is 5.56 Å². The van der Waals surface area contributed by atoms with E-state index < -0.39 is 0 Å². The third-order valence-electron chi connectivity index (χ3n) is 3.40. The normalized spacial score (nSPS) is 17.2. The van der Waals surface area contributed by atoms with Gasteiger partial charge in [-0.1, -0.05) is 36.4 Å². The van der Waals surface area contributed by atoms with Crippen LogP contribution in [0.4, 0.5) is 0 Å². The van der Waals surface area contributed by atoms with Crippen molar-refractivity contribution in [1.29, 1.82) is 0 Å². The molecule has 3 nitrogen and oxygen atoms in total. The second-order valence-electron chi connectivity index (χ2n) is 4.63. The van der Waals surface area contributed by atoms with Crippen LogP contribution in [0, 0.1) is 0 Å². The molecule has 0 radical (unpaired) electrons. The summed E-state index contributed by atoms with van der Waals surface area (Å²) in [4.78, 5) is 0. The van der Waals surface area contributed by atoms with Gasteiger partial charge in [-0.15, -0.1) is 0 Å². The third kappa shape index (κ3) is 2.08. The van der Waals surface area contributed by atoms with Gasteiger partial charge in [-0.2, -0.15) is 5.10 Å². The maximum atomic E-state index is 5.32. The first kappa shape index (κ1) is 11.8. The Kier molecular flexibility index (Phi) is 2.95. The monoisotopic (exact) mass is 252 g/mol. The highest BCUT2D eigenvalue weighted by molar-refractivity contribution is 6.14. The molecule has 1 aliphatic rings. The number of benzene rings is 2. The molecule has 2 aromatic carbocycles.